The highest BCUT2D eigenvalue weighted by Gasteiger charge is 2.33. The lowest BCUT2D eigenvalue weighted by Crippen LogP contribution is -2.05. The van der Waals surface area contributed by atoms with E-state index in [-0.39, 0.29) is 0 Å². The average Bonchev–Trinajstić information content (AvgIpc) is 2.82. The summed E-state index contributed by atoms with van der Waals surface area (Å²) in [5.41, 5.74) is 10.5. The minimum Gasteiger partial charge on any atom is -0.0587 e. The molecule has 2 aliphatic carbocycles. The highest BCUT2D eigenvalue weighted by molar-refractivity contribution is 5.89. The summed E-state index contributed by atoms with van der Waals surface area (Å²) in [6.07, 6.45) is 5.35. The third kappa shape index (κ3) is 2.05. The van der Waals surface area contributed by atoms with E-state index in [0.29, 0.717) is 5.92 Å². The summed E-state index contributed by atoms with van der Waals surface area (Å²) in [7, 11) is 0. The van der Waals surface area contributed by atoms with Crippen molar-refractivity contribution in [3.05, 3.63) is 75.9 Å². The van der Waals surface area contributed by atoms with Gasteiger partial charge in [-0.1, -0.05) is 65.6 Å². The van der Waals surface area contributed by atoms with E-state index in [2.05, 4.69) is 56.3 Å². The van der Waals surface area contributed by atoms with Crippen LogP contribution in [-0.2, 0) is 0 Å². The van der Waals surface area contributed by atoms with E-state index in [1.165, 1.54) is 53.5 Å². The Bertz CT molecular complexity index is 716. The summed E-state index contributed by atoms with van der Waals surface area (Å²) < 4.78 is 0. The Balaban J connectivity index is 1.92. The van der Waals surface area contributed by atoms with Crippen LogP contribution in [0.3, 0.4) is 0 Å². The summed E-state index contributed by atoms with van der Waals surface area (Å²) >= 11 is 0. The Kier molecular flexibility index (Phi) is 2.99. The molecule has 4 rings (SSSR count). The third-order valence-electron chi connectivity index (χ3n) is 5.12. The fourth-order valence-corrected chi connectivity index (χ4v) is 4.09. The van der Waals surface area contributed by atoms with E-state index in [9.17, 15) is 0 Å². The molecule has 2 aliphatic rings. The zero-order chi connectivity index (χ0) is 14.4. The lowest BCUT2D eigenvalue weighted by atomic mass is 9.82. The molecule has 0 radical (unpaired) electrons. The van der Waals surface area contributed by atoms with Crippen LogP contribution in [0.15, 0.2) is 48.0 Å². The minimum absolute atomic E-state index is 0.685. The monoisotopic (exact) mass is 274 g/mol. The Labute approximate surface area is 127 Å². The van der Waals surface area contributed by atoms with Gasteiger partial charge in [0.1, 0.15) is 0 Å². The summed E-state index contributed by atoms with van der Waals surface area (Å²) in [5.74, 6) is 0.685. The van der Waals surface area contributed by atoms with Gasteiger partial charge in [0, 0.05) is 5.92 Å². The van der Waals surface area contributed by atoms with Gasteiger partial charge in [0.2, 0.25) is 0 Å². The molecule has 0 bridgehead atoms. The van der Waals surface area contributed by atoms with Gasteiger partial charge < -0.3 is 0 Å². The molecule has 1 saturated carbocycles. The molecule has 106 valence electrons. The molecule has 1 fully saturated rings. The van der Waals surface area contributed by atoms with Crippen molar-refractivity contribution < 1.29 is 0 Å². The van der Waals surface area contributed by atoms with Gasteiger partial charge in [0.25, 0.3) is 0 Å². The summed E-state index contributed by atoms with van der Waals surface area (Å²) in [4.78, 5) is 0. The van der Waals surface area contributed by atoms with Gasteiger partial charge in [-0.25, -0.2) is 0 Å². The molecule has 1 unspecified atom stereocenters. The first-order valence-corrected chi connectivity index (χ1v) is 8.15. The van der Waals surface area contributed by atoms with Gasteiger partial charge in [-0.3, -0.25) is 0 Å². The quantitative estimate of drug-likeness (QED) is 0.618. The first-order valence-electron chi connectivity index (χ1n) is 8.15. The number of aryl methyl sites for hydroxylation is 2. The van der Waals surface area contributed by atoms with Crippen LogP contribution in [0.5, 0.6) is 0 Å². The number of allylic oxidation sites excluding steroid dienone is 1. The van der Waals surface area contributed by atoms with Crippen LogP contribution >= 0.6 is 0 Å². The molecular formula is C21H22. The van der Waals surface area contributed by atoms with E-state index in [4.69, 9.17) is 0 Å². The average molecular weight is 274 g/mol. The zero-order valence-corrected chi connectivity index (χ0v) is 12.9. The highest BCUT2D eigenvalue weighted by Crippen LogP contribution is 2.51. The molecule has 0 saturated heterocycles. The lowest BCUT2D eigenvalue weighted by molar-refractivity contribution is 0.549. The fraction of sp³-hybridized carbons (Fsp3) is 0.333. The maximum absolute atomic E-state index is 2.42. The van der Waals surface area contributed by atoms with Crippen molar-refractivity contribution in [2.75, 3.05) is 0 Å². The molecule has 1 atom stereocenters. The van der Waals surface area contributed by atoms with Crippen LogP contribution < -0.4 is 0 Å². The highest BCUT2D eigenvalue weighted by atomic mass is 14.4. The van der Waals surface area contributed by atoms with Gasteiger partial charge in [-0.05, 0) is 55.4 Å². The molecule has 0 amide bonds. The Morgan fingerprint density at radius 3 is 2.43 bits per heavy atom. The normalized spacial score (nSPS) is 20.4. The number of fused-ring (bicyclic) bond motifs is 3. The number of hydrogen-bond donors (Lipinski definition) is 0. The van der Waals surface area contributed by atoms with Crippen LogP contribution in [0, 0.1) is 13.8 Å². The fourth-order valence-electron chi connectivity index (χ4n) is 4.09. The van der Waals surface area contributed by atoms with Gasteiger partial charge in [0.15, 0.2) is 0 Å². The number of hydrogen-bond acceptors (Lipinski definition) is 0. The molecule has 21 heavy (non-hydrogen) atoms. The molecule has 0 aromatic heterocycles. The topological polar surface area (TPSA) is 0 Å². The van der Waals surface area contributed by atoms with Crippen LogP contribution in [0.25, 0.3) is 5.57 Å². The van der Waals surface area contributed by atoms with Crippen molar-refractivity contribution in [1.82, 2.24) is 0 Å². The second-order valence-electron chi connectivity index (χ2n) is 6.66. The predicted molar refractivity (Wildman–Crippen MR) is 89.6 cm³/mol. The van der Waals surface area contributed by atoms with Gasteiger partial charge in [-0.2, -0.15) is 0 Å². The Morgan fingerprint density at radius 1 is 0.857 bits per heavy atom. The number of benzene rings is 2. The molecule has 2 aromatic carbocycles. The Hall–Kier alpha value is -1.82. The summed E-state index contributed by atoms with van der Waals surface area (Å²) in [6.45, 7) is 4.38. The van der Waals surface area contributed by atoms with Gasteiger partial charge in [-0.15, -0.1) is 0 Å². The van der Waals surface area contributed by atoms with Gasteiger partial charge in [0.05, 0.1) is 0 Å². The van der Waals surface area contributed by atoms with Crippen molar-refractivity contribution >= 4 is 5.57 Å². The summed E-state index contributed by atoms with van der Waals surface area (Å²) in [6, 6.07) is 16.1. The first kappa shape index (κ1) is 12.9. The predicted octanol–water partition coefficient (Wildman–Crippen LogP) is 5.78. The van der Waals surface area contributed by atoms with Crippen molar-refractivity contribution in [3.63, 3.8) is 0 Å². The molecule has 0 spiro atoms. The van der Waals surface area contributed by atoms with E-state index < -0.39 is 0 Å². The second-order valence-corrected chi connectivity index (χ2v) is 6.66. The van der Waals surface area contributed by atoms with Crippen LogP contribution in [0.2, 0.25) is 0 Å². The minimum atomic E-state index is 0.685. The second kappa shape index (κ2) is 4.87. The maximum Gasteiger partial charge on any atom is 0.00638 e. The van der Waals surface area contributed by atoms with Crippen LogP contribution in [0.4, 0.5) is 0 Å². The largest absolute Gasteiger partial charge is 0.0587 e. The third-order valence-corrected chi connectivity index (χ3v) is 5.12. The lowest BCUT2D eigenvalue weighted by Gasteiger charge is -2.22. The smallest absolute Gasteiger partial charge is 0.00638 e. The van der Waals surface area contributed by atoms with Gasteiger partial charge >= 0.3 is 0 Å². The van der Waals surface area contributed by atoms with E-state index in [1.807, 2.05) is 0 Å². The molecule has 0 nitrogen and oxygen atoms in total. The molecule has 0 heteroatoms. The molecule has 2 aromatic rings. The zero-order valence-electron chi connectivity index (χ0n) is 12.9. The van der Waals surface area contributed by atoms with Crippen molar-refractivity contribution in [3.8, 4) is 0 Å². The first-order chi connectivity index (χ1) is 10.2. The molecule has 0 heterocycles. The van der Waals surface area contributed by atoms with Crippen LogP contribution in [0.1, 0.15) is 59.4 Å². The van der Waals surface area contributed by atoms with Crippen molar-refractivity contribution in [2.45, 2.75) is 45.4 Å². The van der Waals surface area contributed by atoms with E-state index >= 15 is 0 Å². The number of rotatable bonds is 1. The maximum atomic E-state index is 2.42. The van der Waals surface area contributed by atoms with E-state index in [1.54, 1.807) is 11.1 Å². The Morgan fingerprint density at radius 2 is 1.62 bits per heavy atom. The van der Waals surface area contributed by atoms with E-state index in [0.717, 1.165) is 0 Å². The molecular weight excluding hydrogens is 252 g/mol. The SMILES string of the molecule is Cc1ccc(C2=C3CCCCC3c3cc(C)ccc32)cc1. The van der Waals surface area contributed by atoms with Crippen LogP contribution in [-0.4, -0.2) is 0 Å². The molecule has 0 N–H and O–H groups in total. The van der Waals surface area contributed by atoms with Crippen molar-refractivity contribution in [2.24, 2.45) is 0 Å². The summed E-state index contributed by atoms with van der Waals surface area (Å²) in [5, 5.41) is 0. The standard InChI is InChI=1S/C21H22/c1-14-7-10-16(11-8-14)21-18-6-4-3-5-17(18)20-13-15(2)9-12-19(20)21/h7-13,17H,3-6H2,1-2H3. The van der Waals surface area contributed by atoms with Crippen molar-refractivity contribution in [1.29, 1.82) is 0 Å². The molecule has 0 aliphatic heterocycles.